The van der Waals surface area contributed by atoms with Crippen LogP contribution in [0.25, 0.3) is 93.4 Å². The summed E-state index contributed by atoms with van der Waals surface area (Å²) >= 11 is 1.71. The minimum absolute atomic E-state index is 0.606. The van der Waals surface area contributed by atoms with Crippen molar-refractivity contribution in [3.63, 3.8) is 0 Å². The van der Waals surface area contributed by atoms with E-state index in [0.717, 1.165) is 65.0 Å². The van der Waals surface area contributed by atoms with Crippen LogP contribution in [0.5, 0.6) is 0 Å². The van der Waals surface area contributed by atoms with Crippen LogP contribution >= 0.6 is 11.8 Å². The molecular weight excluding hydrogens is 643 g/mol. The molecular formula is C45H25N5S. The molecule has 0 saturated heterocycles. The van der Waals surface area contributed by atoms with Crippen molar-refractivity contribution in [3.05, 3.63) is 163 Å². The predicted molar refractivity (Wildman–Crippen MR) is 209 cm³/mol. The molecule has 51 heavy (non-hydrogen) atoms. The van der Waals surface area contributed by atoms with E-state index in [0.29, 0.717) is 11.6 Å². The van der Waals surface area contributed by atoms with E-state index in [4.69, 9.17) is 16.5 Å². The summed E-state index contributed by atoms with van der Waals surface area (Å²) in [6, 6.07) is 53.4. The van der Waals surface area contributed by atoms with E-state index in [-0.39, 0.29) is 0 Å². The number of nitrogens with zero attached hydrogens (tertiary/aromatic N) is 5. The van der Waals surface area contributed by atoms with Crippen LogP contribution in [-0.2, 0) is 0 Å². The Labute approximate surface area is 296 Å². The van der Waals surface area contributed by atoms with Crippen molar-refractivity contribution in [3.8, 4) is 34.0 Å². The molecule has 0 spiro atoms. The van der Waals surface area contributed by atoms with Crippen LogP contribution in [0, 0.1) is 6.57 Å². The molecule has 0 aliphatic carbocycles. The summed E-state index contributed by atoms with van der Waals surface area (Å²) in [6.45, 7) is 7.66. The van der Waals surface area contributed by atoms with Crippen molar-refractivity contribution in [1.82, 2.24) is 19.1 Å². The second-order valence-electron chi connectivity index (χ2n) is 12.9. The van der Waals surface area contributed by atoms with Gasteiger partial charge >= 0.3 is 0 Å². The Kier molecular flexibility index (Phi) is 5.89. The number of hydrogen-bond acceptors (Lipinski definition) is 3. The van der Waals surface area contributed by atoms with Crippen LogP contribution in [0.4, 0.5) is 5.69 Å². The lowest BCUT2D eigenvalue weighted by molar-refractivity contribution is 1.01. The van der Waals surface area contributed by atoms with Gasteiger partial charge in [-0.25, -0.2) is 14.8 Å². The lowest BCUT2D eigenvalue weighted by Crippen LogP contribution is -2.05. The average Bonchev–Trinajstić information content (AvgIpc) is 3.70. The number of rotatable bonds is 3. The average molecular weight is 668 g/mol. The van der Waals surface area contributed by atoms with E-state index in [9.17, 15) is 0 Å². The van der Waals surface area contributed by atoms with Crippen LogP contribution in [0.15, 0.2) is 161 Å². The number of para-hydroxylation sites is 3. The smallest absolute Gasteiger partial charge is 0.235 e. The van der Waals surface area contributed by atoms with E-state index in [1.54, 1.807) is 11.8 Å². The fraction of sp³-hybridized carbons (Fsp3) is 0. The van der Waals surface area contributed by atoms with Crippen LogP contribution in [-0.4, -0.2) is 19.1 Å². The quantitative estimate of drug-likeness (QED) is 0.176. The first-order valence-corrected chi connectivity index (χ1v) is 17.7. The number of hydrogen-bond donors (Lipinski definition) is 0. The zero-order valence-electron chi connectivity index (χ0n) is 27.1. The Morgan fingerprint density at radius 3 is 1.88 bits per heavy atom. The van der Waals surface area contributed by atoms with Gasteiger partial charge in [0, 0.05) is 48.0 Å². The molecule has 236 valence electrons. The Hall–Kier alpha value is -6.68. The lowest BCUT2D eigenvalue weighted by Gasteiger charge is -2.20. The van der Waals surface area contributed by atoms with Gasteiger partial charge in [0.05, 0.1) is 39.8 Å². The zero-order chi connectivity index (χ0) is 33.6. The fourth-order valence-electron chi connectivity index (χ4n) is 7.87. The molecule has 1 aliphatic rings. The Morgan fingerprint density at radius 2 is 1.16 bits per heavy atom. The molecule has 0 saturated carbocycles. The monoisotopic (exact) mass is 667 g/mol. The number of aromatic nitrogens is 4. The van der Waals surface area contributed by atoms with Gasteiger partial charge in [-0.3, -0.25) is 4.57 Å². The SMILES string of the molecule is [C-]#[N+]c1ccc2c(c1)-c1nc(-n3c4ccccc4c4cc(-c5ccc6c(c5)c5ccccc5n6-c5ccccc5)ccc43)nc3cccc(c13)S2. The van der Waals surface area contributed by atoms with Crippen molar-refractivity contribution >= 4 is 72.0 Å². The maximum atomic E-state index is 7.66. The topological polar surface area (TPSA) is 40.0 Å². The third-order valence-corrected chi connectivity index (χ3v) is 11.3. The van der Waals surface area contributed by atoms with Crippen LogP contribution in [0.1, 0.15) is 0 Å². The third kappa shape index (κ3) is 4.10. The van der Waals surface area contributed by atoms with E-state index >= 15 is 0 Å². The van der Waals surface area contributed by atoms with Crippen molar-refractivity contribution in [2.75, 3.05) is 0 Å². The maximum absolute atomic E-state index is 7.66. The van der Waals surface area contributed by atoms with E-state index in [1.165, 1.54) is 27.4 Å². The van der Waals surface area contributed by atoms with E-state index in [2.05, 4.69) is 147 Å². The zero-order valence-corrected chi connectivity index (χ0v) is 27.9. The maximum Gasteiger partial charge on any atom is 0.235 e. The summed E-state index contributed by atoms with van der Waals surface area (Å²) in [5.41, 5.74) is 11.3. The van der Waals surface area contributed by atoms with Crippen molar-refractivity contribution in [1.29, 1.82) is 0 Å². The first kappa shape index (κ1) is 28.2. The first-order valence-electron chi connectivity index (χ1n) is 16.9. The molecule has 0 atom stereocenters. The summed E-state index contributed by atoms with van der Waals surface area (Å²) in [4.78, 5) is 16.4. The number of benzene rings is 7. The Balaban J connectivity index is 1.12. The summed E-state index contributed by atoms with van der Waals surface area (Å²) in [7, 11) is 0. The molecule has 3 aromatic heterocycles. The molecule has 11 rings (SSSR count). The van der Waals surface area contributed by atoms with Crippen molar-refractivity contribution in [2.45, 2.75) is 9.79 Å². The van der Waals surface area contributed by atoms with Gasteiger partial charge in [0.25, 0.3) is 0 Å². The van der Waals surface area contributed by atoms with E-state index in [1.807, 2.05) is 18.2 Å². The summed E-state index contributed by atoms with van der Waals surface area (Å²) in [6.07, 6.45) is 0. The number of fused-ring (bicyclic) bond motifs is 8. The highest BCUT2D eigenvalue weighted by molar-refractivity contribution is 7.99. The summed E-state index contributed by atoms with van der Waals surface area (Å²) < 4.78 is 4.54. The predicted octanol–water partition coefficient (Wildman–Crippen LogP) is 12.2. The van der Waals surface area contributed by atoms with Crippen LogP contribution in [0.2, 0.25) is 0 Å². The fourth-order valence-corrected chi connectivity index (χ4v) is 8.96. The van der Waals surface area contributed by atoms with Gasteiger partial charge in [-0.2, -0.15) is 0 Å². The van der Waals surface area contributed by atoms with Gasteiger partial charge < -0.3 is 4.57 Å². The Morgan fingerprint density at radius 1 is 0.510 bits per heavy atom. The molecule has 1 aliphatic heterocycles. The van der Waals surface area contributed by atoms with Crippen LogP contribution < -0.4 is 0 Å². The largest absolute Gasteiger partial charge is 0.309 e. The highest BCUT2D eigenvalue weighted by Gasteiger charge is 2.24. The van der Waals surface area contributed by atoms with Crippen LogP contribution in [0.3, 0.4) is 0 Å². The highest BCUT2D eigenvalue weighted by atomic mass is 32.2. The molecule has 0 fully saturated rings. The first-order chi connectivity index (χ1) is 25.2. The summed E-state index contributed by atoms with van der Waals surface area (Å²) in [5.74, 6) is 0.620. The molecule has 6 heteroatoms. The molecule has 0 amide bonds. The van der Waals surface area contributed by atoms with Crippen molar-refractivity contribution in [2.24, 2.45) is 0 Å². The third-order valence-electron chi connectivity index (χ3n) is 10.1. The molecule has 0 bridgehead atoms. The second kappa shape index (κ2) is 10.7. The van der Waals surface area contributed by atoms with Crippen molar-refractivity contribution < 1.29 is 0 Å². The van der Waals surface area contributed by atoms with E-state index < -0.39 is 0 Å². The van der Waals surface area contributed by atoms with Gasteiger partial charge in [0.2, 0.25) is 5.95 Å². The normalized spacial score (nSPS) is 12.2. The molecule has 7 aromatic carbocycles. The van der Waals surface area contributed by atoms with Gasteiger partial charge in [-0.05, 0) is 77.9 Å². The molecule has 0 N–H and O–H groups in total. The van der Waals surface area contributed by atoms with Gasteiger partial charge in [0.15, 0.2) is 5.69 Å². The highest BCUT2D eigenvalue weighted by Crippen LogP contribution is 2.48. The minimum atomic E-state index is 0.606. The lowest BCUT2D eigenvalue weighted by atomic mass is 10.0. The van der Waals surface area contributed by atoms with Gasteiger partial charge in [-0.15, -0.1) is 0 Å². The molecule has 0 radical (unpaired) electrons. The molecule has 10 aromatic rings. The Bertz CT molecular complexity index is 3130. The molecule has 0 unspecified atom stereocenters. The standard InChI is InChI=1S/C45H25N5S/c1-46-29-20-23-41-35(26-29)44-43-36(14-9-17-42(43)51-41)47-45(48-44)50-38-16-8-6-13-32(38)34-25-28(19-22-40(34)50)27-18-21-39-33(24-27)31-12-5-7-15-37(31)49(39)30-10-3-2-4-11-30/h2-26H. The van der Waals surface area contributed by atoms with Gasteiger partial charge in [0.1, 0.15) is 0 Å². The van der Waals surface area contributed by atoms with Gasteiger partial charge in [-0.1, -0.05) is 96.7 Å². The summed E-state index contributed by atoms with van der Waals surface area (Å²) in [5, 5.41) is 5.79. The molecule has 4 heterocycles. The molecule has 5 nitrogen and oxygen atoms in total. The minimum Gasteiger partial charge on any atom is -0.309 e. The second-order valence-corrected chi connectivity index (χ2v) is 14.0.